The summed E-state index contributed by atoms with van der Waals surface area (Å²) in [6.45, 7) is 0. The molecule has 3 aromatic carbocycles. The third-order valence-corrected chi connectivity index (χ3v) is 5.16. The molecule has 1 amide bonds. The highest BCUT2D eigenvalue weighted by Crippen LogP contribution is 2.35. The van der Waals surface area contributed by atoms with Crippen LogP contribution in [-0.2, 0) is 10.7 Å². The van der Waals surface area contributed by atoms with Gasteiger partial charge in [-0.05, 0) is 41.0 Å². The summed E-state index contributed by atoms with van der Waals surface area (Å²) in [4.78, 5) is 15.2. The molecule has 0 aliphatic rings. The molecule has 4 aromatic rings. The van der Waals surface area contributed by atoms with E-state index in [2.05, 4.69) is 10.3 Å². The third kappa shape index (κ3) is 3.86. The van der Waals surface area contributed by atoms with Crippen molar-refractivity contribution in [1.82, 2.24) is 4.98 Å². The van der Waals surface area contributed by atoms with E-state index in [1.165, 1.54) is 0 Å². The van der Waals surface area contributed by atoms with Crippen molar-refractivity contribution in [3.63, 3.8) is 0 Å². The minimum Gasteiger partial charge on any atom is -0.372 e. The summed E-state index contributed by atoms with van der Waals surface area (Å²) < 4.78 is 21.7. The van der Waals surface area contributed by atoms with Crippen molar-refractivity contribution >= 4 is 33.2 Å². The van der Waals surface area contributed by atoms with Crippen LogP contribution < -0.4 is 11.1 Å². The highest BCUT2D eigenvalue weighted by molar-refractivity contribution is 7.72. The monoisotopic (exact) mass is 405 g/mol. The van der Waals surface area contributed by atoms with Gasteiger partial charge in [0, 0.05) is 22.8 Å². The van der Waals surface area contributed by atoms with E-state index in [0.717, 1.165) is 27.6 Å². The number of primary amides is 1. The minimum atomic E-state index is -2.52. The van der Waals surface area contributed by atoms with Crippen LogP contribution in [0.2, 0.25) is 0 Å². The molecule has 6 nitrogen and oxygen atoms in total. The molecule has 29 heavy (non-hydrogen) atoms. The van der Waals surface area contributed by atoms with Crippen molar-refractivity contribution in [1.29, 1.82) is 0 Å². The van der Waals surface area contributed by atoms with Crippen molar-refractivity contribution in [2.24, 2.45) is 5.73 Å². The van der Waals surface area contributed by atoms with Gasteiger partial charge in [0.2, 0.25) is 0 Å². The zero-order valence-electron chi connectivity index (χ0n) is 15.4. The summed E-state index contributed by atoms with van der Waals surface area (Å²) in [5.41, 5.74) is 11.1. The van der Waals surface area contributed by atoms with Gasteiger partial charge in [-0.3, -0.25) is 4.79 Å². The Balaban J connectivity index is 1.87. The van der Waals surface area contributed by atoms with Gasteiger partial charge in [-0.2, -0.15) is 0 Å². The van der Waals surface area contributed by atoms with E-state index in [9.17, 15) is 13.2 Å². The maximum absolute atomic E-state index is 12.1. The van der Waals surface area contributed by atoms with Gasteiger partial charge < -0.3 is 16.0 Å². The Morgan fingerprint density at radius 3 is 2.41 bits per heavy atom. The zero-order valence-corrected chi connectivity index (χ0v) is 16.3. The average molecular weight is 405 g/mol. The lowest BCUT2D eigenvalue weighted by molar-refractivity contribution is 0.100. The quantitative estimate of drug-likeness (QED) is 0.368. The van der Waals surface area contributed by atoms with Crippen LogP contribution in [0.25, 0.3) is 33.2 Å². The summed E-state index contributed by atoms with van der Waals surface area (Å²) in [6.07, 6.45) is 1.83. The summed E-state index contributed by atoms with van der Waals surface area (Å²) in [5.74, 6) is -0.632. The van der Waals surface area contributed by atoms with Gasteiger partial charge in [0.25, 0.3) is 5.91 Å². The second-order valence-corrected chi connectivity index (χ2v) is 7.61. The van der Waals surface area contributed by atoms with Gasteiger partial charge in [-0.15, -0.1) is 0 Å². The van der Waals surface area contributed by atoms with Crippen molar-refractivity contribution in [3.8, 4) is 22.3 Å². The Kier molecular flexibility index (Phi) is 5.05. The molecule has 0 radical (unpaired) electrons. The van der Waals surface area contributed by atoms with Crippen molar-refractivity contribution < 1.29 is 13.2 Å². The first kappa shape index (κ1) is 18.8. The van der Waals surface area contributed by atoms with Crippen LogP contribution in [0.5, 0.6) is 0 Å². The summed E-state index contributed by atoms with van der Waals surface area (Å²) in [7, 11) is -2.52. The van der Waals surface area contributed by atoms with E-state index in [-0.39, 0.29) is 5.88 Å². The van der Waals surface area contributed by atoms with Gasteiger partial charge in [0.05, 0.1) is 11.1 Å². The van der Waals surface area contributed by atoms with Gasteiger partial charge in [0.1, 0.15) is 5.88 Å². The lowest BCUT2D eigenvalue weighted by Crippen LogP contribution is -2.11. The van der Waals surface area contributed by atoms with Crippen molar-refractivity contribution in [2.45, 2.75) is 0 Å². The summed E-state index contributed by atoms with van der Waals surface area (Å²) >= 11 is 0. The molecule has 0 bridgehead atoms. The fraction of sp³-hybridized carbons (Fsp3) is 0.0455. The number of amides is 1. The average Bonchev–Trinajstić information content (AvgIpc) is 3.16. The molecule has 0 unspecified atom stereocenters. The Morgan fingerprint density at radius 2 is 1.69 bits per heavy atom. The smallest absolute Gasteiger partial charge is 0.250 e. The highest BCUT2D eigenvalue weighted by atomic mass is 32.2. The second-order valence-electron chi connectivity index (χ2n) is 6.63. The highest BCUT2D eigenvalue weighted by Gasteiger charge is 2.15. The standard InChI is InChI=1S/C22H19N3O3S/c23-22(26)19-11-16(14-5-2-1-3-6-14)10-18-20(12-24-21(18)19)15-7-4-8-17(9-15)25-13-29(27)28/h1-12,24-25,29H,13H2,(H2,23,26). The molecule has 0 aliphatic heterocycles. The number of benzene rings is 3. The number of fused-ring (bicyclic) bond motifs is 1. The molecule has 0 atom stereocenters. The number of carbonyl (C=O) groups is 1. The lowest BCUT2D eigenvalue weighted by atomic mass is 9.96. The molecule has 1 heterocycles. The number of hydrogen-bond acceptors (Lipinski definition) is 4. The van der Waals surface area contributed by atoms with Crippen LogP contribution in [0.15, 0.2) is 72.9 Å². The molecule has 146 valence electrons. The molecule has 1 aromatic heterocycles. The number of aromatic nitrogens is 1. The maximum atomic E-state index is 12.1. The molecule has 4 rings (SSSR count). The van der Waals surface area contributed by atoms with E-state index in [4.69, 9.17) is 5.73 Å². The first-order valence-corrected chi connectivity index (χ1v) is 10.4. The molecule has 0 fully saturated rings. The number of nitrogens with one attached hydrogen (secondary N) is 2. The van der Waals surface area contributed by atoms with E-state index >= 15 is 0 Å². The predicted molar refractivity (Wildman–Crippen MR) is 116 cm³/mol. The number of aromatic amines is 1. The molecule has 0 saturated carbocycles. The first-order valence-electron chi connectivity index (χ1n) is 8.99. The molecule has 0 saturated heterocycles. The topological polar surface area (TPSA) is 105 Å². The van der Waals surface area contributed by atoms with Gasteiger partial charge >= 0.3 is 0 Å². The Labute approximate surface area is 169 Å². The van der Waals surface area contributed by atoms with Crippen LogP contribution in [0.1, 0.15) is 10.4 Å². The zero-order chi connectivity index (χ0) is 20.4. The van der Waals surface area contributed by atoms with Crippen LogP contribution in [0, 0.1) is 0 Å². The number of thiol groups is 1. The predicted octanol–water partition coefficient (Wildman–Crippen LogP) is 3.58. The van der Waals surface area contributed by atoms with Crippen LogP contribution in [0.3, 0.4) is 0 Å². The van der Waals surface area contributed by atoms with E-state index in [1.807, 2.05) is 60.8 Å². The fourth-order valence-corrected chi connectivity index (χ4v) is 3.73. The third-order valence-electron chi connectivity index (χ3n) is 4.75. The normalized spacial score (nSPS) is 11.1. The SMILES string of the molecule is NC(=O)c1cc(-c2ccccc2)cc2c(-c3cccc(NC[SH](=O)=O)c3)c[nH]c12. The molecule has 0 aliphatic carbocycles. The number of H-pyrrole nitrogens is 1. The van der Waals surface area contributed by atoms with Crippen molar-refractivity contribution in [3.05, 3.63) is 78.5 Å². The fourth-order valence-electron chi connectivity index (χ4n) is 3.42. The van der Waals surface area contributed by atoms with Gasteiger partial charge in [-0.1, -0.05) is 42.5 Å². The maximum Gasteiger partial charge on any atom is 0.250 e. The number of anilines is 1. The van der Waals surface area contributed by atoms with E-state index in [1.54, 1.807) is 12.1 Å². The molecular weight excluding hydrogens is 386 g/mol. The minimum absolute atomic E-state index is 0.128. The molecule has 0 spiro atoms. The van der Waals surface area contributed by atoms with Gasteiger partial charge in [0.15, 0.2) is 10.7 Å². The number of hydrogen-bond donors (Lipinski definition) is 4. The Bertz CT molecular complexity index is 1270. The molecule has 7 heteroatoms. The molecular formula is C22H19N3O3S. The number of carbonyl (C=O) groups excluding carboxylic acids is 1. The summed E-state index contributed by atoms with van der Waals surface area (Å²) in [6, 6.07) is 21.1. The van der Waals surface area contributed by atoms with E-state index in [0.29, 0.717) is 16.8 Å². The van der Waals surface area contributed by atoms with Gasteiger partial charge in [-0.25, -0.2) is 8.42 Å². The largest absolute Gasteiger partial charge is 0.372 e. The first-order chi connectivity index (χ1) is 14.0. The van der Waals surface area contributed by atoms with Crippen LogP contribution in [-0.4, -0.2) is 25.2 Å². The molecule has 4 N–H and O–H groups in total. The number of nitrogens with two attached hydrogens (primary N) is 1. The lowest BCUT2D eigenvalue weighted by Gasteiger charge is -2.08. The number of rotatable bonds is 6. The Morgan fingerprint density at radius 1 is 0.931 bits per heavy atom. The second kappa shape index (κ2) is 7.81. The van der Waals surface area contributed by atoms with Crippen LogP contribution in [0.4, 0.5) is 5.69 Å². The summed E-state index contributed by atoms with van der Waals surface area (Å²) in [5, 5.41) is 3.75. The van der Waals surface area contributed by atoms with Crippen LogP contribution >= 0.6 is 0 Å². The Hall–Kier alpha value is -3.58. The van der Waals surface area contributed by atoms with E-state index < -0.39 is 16.6 Å². The van der Waals surface area contributed by atoms with Crippen molar-refractivity contribution in [2.75, 3.05) is 11.2 Å².